The highest BCUT2D eigenvalue weighted by molar-refractivity contribution is 5.82. The van der Waals surface area contributed by atoms with Gasteiger partial charge in [-0.15, -0.1) is 0 Å². The van der Waals surface area contributed by atoms with E-state index in [-0.39, 0.29) is 12.0 Å². The average molecular weight is 301 g/mol. The third kappa shape index (κ3) is 2.67. The van der Waals surface area contributed by atoms with Crippen LogP contribution in [0.2, 0.25) is 0 Å². The molecule has 1 aromatic rings. The highest BCUT2D eigenvalue weighted by atomic mass is 16.5. The minimum atomic E-state index is 0.109. The van der Waals surface area contributed by atoms with Crippen LogP contribution in [-0.2, 0) is 4.79 Å². The normalized spacial score (nSPS) is 21.9. The van der Waals surface area contributed by atoms with Crippen LogP contribution in [0.4, 0.5) is 0 Å². The van der Waals surface area contributed by atoms with Crippen molar-refractivity contribution in [2.75, 3.05) is 13.2 Å². The first-order chi connectivity index (χ1) is 10.7. The molecule has 2 aliphatic carbocycles. The van der Waals surface area contributed by atoms with Crippen molar-refractivity contribution in [1.82, 2.24) is 4.90 Å². The van der Waals surface area contributed by atoms with Crippen LogP contribution in [0, 0.1) is 5.92 Å². The van der Waals surface area contributed by atoms with Gasteiger partial charge in [0.2, 0.25) is 5.91 Å². The molecule has 1 atom stereocenters. The Labute approximate surface area is 131 Å². The van der Waals surface area contributed by atoms with Gasteiger partial charge in [0.05, 0.1) is 19.3 Å². The molecule has 4 nitrogen and oxygen atoms in total. The highest BCUT2D eigenvalue weighted by Crippen LogP contribution is 2.42. The Morgan fingerprint density at radius 2 is 1.86 bits per heavy atom. The maximum Gasteiger partial charge on any atom is 0.226 e. The van der Waals surface area contributed by atoms with Crippen molar-refractivity contribution < 1.29 is 14.3 Å². The Kier molecular flexibility index (Phi) is 3.47. The number of fused-ring (bicyclic) bond motifs is 1. The van der Waals surface area contributed by atoms with E-state index in [2.05, 4.69) is 24.0 Å². The Hall–Kier alpha value is -1.71. The molecule has 3 aliphatic rings. The standard InChI is InChI=1S/C18H23NO3/c1-12(19(15-6-7-15)18(20)13-3-4-13)14-5-8-16-17(11-14)22-10-2-9-21-16/h5,8,11-13,15H,2-4,6-7,9-10H2,1H3/t12-/m1/s1. The second-order valence-corrected chi connectivity index (χ2v) is 6.68. The lowest BCUT2D eigenvalue weighted by atomic mass is 10.0. The van der Waals surface area contributed by atoms with Crippen LogP contribution in [-0.4, -0.2) is 30.1 Å². The van der Waals surface area contributed by atoms with E-state index < -0.39 is 0 Å². The van der Waals surface area contributed by atoms with Crippen LogP contribution in [0.15, 0.2) is 18.2 Å². The number of rotatable bonds is 4. The van der Waals surface area contributed by atoms with Crippen LogP contribution in [0.25, 0.3) is 0 Å². The average Bonchev–Trinajstić information content (AvgIpc) is 3.41. The van der Waals surface area contributed by atoms with E-state index in [4.69, 9.17) is 9.47 Å². The molecular formula is C18H23NO3. The first-order valence-corrected chi connectivity index (χ1v) is 8.46. The molecular weight excluding hydrogens is 278 g/mol. The molecule has 0 saturated heterocycles. The number of hydrogen-bond acceptors (Lipinski definition) is 3. The number of nitrogens with zero attached hydrogens (tertiary/aromatic N) is 1. The fourth-order valence-corrected chi connectivity index (χ4v) is 3.18. The van der Waals surface area contributed by atoms with Gasteiger partial charge in [-0.05, 0) is 50.3 Å². The van der Waals surface area contributed by atoms with Crippen molar-refractivity contribution >= 4 is 5.91 Å². The van der Waals surface area contributed by atoms with Gasteiger partial charge in [0.1, 0.15) is 0 Å². The first kappa shape index (κ1) is 13.9. The summed E-state index contributed by atoms with van der Waals surface area (Å²) in [5.74, 6) is 2.27. The summed E-state index contributed by atoms with van der Waals surface area (Å²) in [4.78, 5) is 14.7. The number of ether oxygens (including phenoxy) is 2. The molecule has 2 saturated carbocycles. The van der Waals surface area contributed by atoms with E-state index in [1.807, 2.05) is 6.07 Å². The third-order valence-electron chi connectivity index (χ3n) is 4.79. The van der Waals surface area contributed by atoms with Gasteiger partial charge in [0, 0.05) is 18.4 Å². The summed E-state index contributed by atoms with van der Waals surface area (Å²) in [5, 5.41) is 0. The number of hydrogen-bond donors (Lipinski definition) is 0. The molecule has 0 bridgehead atoms. The van der Waals surface area contributed by atoms with Crippen molar-refractivity contribution in [3.05, 3.63) is 23.8 Å². The first-order valence-electron chi connectivity index (χ1n) is 8.46. The van der Waals surface area contributed by atoms with Gasteiger partial charge in [0.15, 0.2) is 11.5 Å². The molecule has 4 heteroatoms. The molecule has 0 N–H and O–H groups in total. The molecule has 2 fully saturated rings. The van der Waals surface area contributed by atoms with Crippen LogP contribution in [0.1, 0.15) is 50.6 Å². The molecule has 1 aromatic carbocycles. The van der Waals surface area contributed by atoms with Crippen molar-refractivity contribution in [3.63, 3.8) is 0 Å². The SMILES string of the molecule is C[C@H](c1ccc2c(c1)OCCCO2)N(C(=O)C1CC1)C1CC1. The van der Waals surface area contributed by atoms with Crippen LogP contribution >= 0.6 is 0 Å². The minimum Gasteiger partial charge on any atom is -0.490 e. The van der Waals surface area contributed by atoms with E-state index in [1.165, 1.54) is 0 Å². The number of carbonyl (C=O) groups excluding carboxylic acids is 1. The Balaban J connectivity index is 1.59. The Morgan fingerprint density at radius 3 is 2.55 bits per heavy atom. The fourth-order valence-electron chi connectivity index (χ4n) is 3.18. The molecule has 22 heavy (non-hydrogen) atoms. The molecule has 1 amide bonds. The van der Waals surface area contributed by atoms with Gasteiger partial charge in [-0.25, -0.2) is 0 Å². The lowest BCUT2D eigenvalue weighted by molar-refractivity contribution is -0.135. The van der Waals surface area contributed by atoms with Crippen LogP contribution < -0.4 is 9.47 Å². The summed E-state index contributed by atoms with van der Waals surface area (Å²) in [5.41, 5.74) is 1.14. The molecule has 4 rings (SSSR count). The molecule has 0 radical (unpaired) electrons. The third-order valence-corrected chi connectivity index (χ3v) is 4.79. The Bertz CT molecular complexity index is 578. The topological polar surface area (TPSA) is 38.8 Å². The van der Waals surface area contributed by atoms with Gasteiger partial charge in [-0.2, -0.15) is 0 Å². The van der Waals surface area contributed by atoms with Crippen molar-refractivity contribution in [2.45, 2.75) is 51.1 Å². The summed E-state index contributed by atoms with van der Waals surface area (Å²) in [6, 6.07) is 6.67. The zero-order chi connectivity index (χ0) is 15.1. The fraction of sp³-hybridized carbons (Fsp3) is 0.611. The van der Waals surface area contributed by atoms with Gasteiger partial charge in [-0.3, -0.25) is 4.79 Å². The zero-order valence-electron chi connectivity index (χ0n) is 13.1. The van der Waals surface area contributed by atoms with Crippen molar-refractivity contribution in [2.24, 2.45) is 5.92 Å². The molecule has 1 aliphatic heterocycles. The quantitative estimate of drug-likeness (QED) is 0.856. The minimum absolute atomic E-state index is 0.109. The predicted octanol–water partition coefficient (Wildman–Crippen LogP) is 3.31. The number of carbonyl (C=O) groups is 1. The van der Waals surface area contributed by atoms with Gasteiger partial charge < -0.3 is 14.4 Å². The van der Waals surface area contributed by atoms with Gasteiger partial charge >= 0.3 is 0 Å². The molecule has 118 valence electrons. The zero-order valence-corrected chi connectivity index (χ0v) is 13.1. The van der Waals surface area contributed by atoms with E-state index in [1.54, 1.807) is 0 Å². The largest absolute Gasteiger partial charge is 0.490 e. The van der Waals surface area contributed by atoms with Gasteiger partial charge in [-0.1, -0.05) is 6.07 Å². The summed E-state index contributed by atoms with van der Waals surface area (Å²) < 4.78 is 11.5. The molecule has 0 spiro atoms. The number of benzene rings is 1. The van der Waals surface area contributed by atoms with E-state index in [0.717, 1.165) is 49.2 Å². The lowest BCUT2D eigenvalue weighted by Crippen LogP contribution is -2.36. The molecule has 0 unspecified atom stereocenters. The maximum absolute atomic E-state index is 12.6. The molecule has 1 heterocycles. The second-order valence-electron chi connectivity index (χ2n) is 6.68. The monoisotopic (exact) mass is 301 g/mol. The van der Waals surface area contributed by atoms with Crippen LogP contribution in [0.3, 0.4) is 0 Å². The predicted molar refractivity (Wildman–Crippen MR) is 83.1 cm³/mol. The summed E-state index contributed by atoms with van der Waals surface area (Å²) in [6.07, 6.45) is 5.33. The van der Waals surface area contributed by atoms with Crippen LogP contribution in [0.5, 0.6) is 11.5 Å². The molecule has 0 aromatic heterocycles. The summed E-state index contributed by atoms with van der Waals surface area (Å²) in [7, 11) is 0. The number of amides is 1. The van der Waals surface area contributed by atoms with Crippen molar-refractivity contribution in [3.8, 4) is 11.5 Å². The maximum atomic E-state index is 12.6. The smallest absolute Gasteiger partial charge is 0.226 e. The van der Waals surface area contributed by atoms with E-state index in [9.17, 15) is 4.79 Å². The second kappa shape index (κ2) is 5.49. The Morgan fingerprint density at radius 1 is 1.14 bits per heavy atom. The van der Waals surface area contributed by atoms with Crippen molar-refractivity contribution in [1.29, 1.82) is 0 Å². The summed E-state index contributed by atoms with van der Waals surface area (Å²) >= 11 is 0. The lowest BCUT2D eigenvalue weighted by Gasteiger charge is -2.30. The highest BCUT2D eigenvalue weighted by Gasteiger charge is 2.42. The summed E-state index contributed by atoms with van der Waals surface area (Å²) in [6.45, 7) is 3.53. The van der Waals surface area contributed by atoms with Gasteiger partial charge in [0.25, 0.3) is 0 Å². The van der Waals surface area contributed by atoms with E-state index >= 15 is 0 Å². The van der Waals surface area contributed by atoms with E-state index in [0.29, 0.717) is 25.2 Å².